The zero-order valence-corrected chi connectivity index (χ0v) is 58.0. The quantitative estimate of drug-likeness (QED) is 0.0173. The molecule has 508 valence electrons. The van der Waals surface area contributed by atoms with Crippen LogP contribution in [0.2, 0.25) is 5.02 Å². The molecule has 0 saturated carbocycles. The summed E-state index contributed by atoms with van der Waals surface area (Å²) in [5.74, 6) is -6.45. The fraction of sp³-hybridized carbons (Fsp3) is 0.587. The third kappa shape index (κ3) is 20.1. The number of methoxy groups -OCH3 is 2. The molecule has 0 aromatic heterocycles. The first-order chi connectivity index (χ1) is 43.4. The van der Waals surface area contributed by atoms with Crippen molar-refractivity contribution < 1.29 is 81.5 Å². The number of carbonyl (C=O) groups is 10. The van der Waals surface area contributed by atoms with Gasteiger partial charge in [0.15, 0.2) is 5.72 Å². The summed E-state index contributed by atoms with van der Waals surface area (Å²) in [7, 11) is 6.99. The van der Waals surface area contributed by atoms with E-state index in [1.165, 1.54) is 65.4 Å². The van der Waals surface area contributed by atoms with Crippen LogP contribution in [0.5, 0.6) is 5.75 Å². The fourth-order valence-corrected chi connectivity index (χ4v) is 12.7. The first kappa shape index (κ1) is 75.9. The van der Waals surface area contributed by atoms with E-state index in [1.807, 2.05) is 13.0 Å². The standard InChI is InChI=1S/C63H88Br2ClN9O17/c1-33(2)52(72-49(76)21-14-13-18-35(4)89-59(83)40(31-64)32-65)56(80)71-43(19-16-24-69-60(67)84)55(79)70-42-23-22-39(28-41(42)54(78)68-8)57(81)74(9)37(6)58(82)91-48-29-50(77)75(10)44-26-38(27-45(87-11)51(44)66)25-34(3)17-15-20-47(88-12)63(86)30-46(90-61(85)73-63)36(5)53-62(48,7)92-53/h15,17,20,22-23,26-28,33,35-37,40,43,46-48,52-53,86H,13-14,16,18-19,21,24-25,29-32H2,1-12H3,(H,68,78)(H,70,79)(H,71,80)(H,72,76)(H,73,85)(H3,67,69,84)/b20-15+,34-17+/t35?,36-,37+,43+,46+,47-,48+,52+,53+,62+,63+/m1/s1. The van der Waals surface area contributed by atoms with Crippen molar-refractivity contribution in [2.45, 2.75) is 166 Å². The van der Waals surface area contributed by atoms with E-state index in [4.69, 9.17) is 45.8 Å². The number of rotatable bonds is 26. The van der Waals surface area contributed by atoms with Gasteiger partial charge < -0.3 is 75.6 Å². The number of urea groups is 1. The Bertz CT molecular complexity index is 3100. The summed E-state index contributed by atoms with van der Waals surface area (Å²) in [6.45, 7) is 11.9. The van der Waals surface area contributed by atoms with E-state index in [-0.39, 0.29) is 77.8 Å². The maximum Gasteiger partial charge on any atom is 0.409 e. The van der Waals surface area contributed by atoms with Crippen LogP contribution in [0.3, 0.4) is 0 Å². The molecule has 26 nitrogen and oxygen atoms in total. The number of hydrogen-bond donors (Lipinski definition) is 8. The average molecular weight is 1440 g/mol. The predicted octanol–water partition coefficient (Wildman–Crippen LogP) is 6.10. The molecule has 2 saturated heterocycles. The molecule has 29 heteroatoms. The number of benzene rings is 2. The molecule has 9 N–H and O–H groups in total. The maximum atomic E-state index is 14.6. The summed E-state index contributed by atoms with van der Waals surface area (Å²) in [4.78, 5) is 138. The number of nitrogens with zero attached hydrogens (tertiary/aromatic N) is 2. The van der Waals surface area contributed by atoms with E-state index >= 15 is 0 Å². The van der Waals surface area contributed by atoms with E-state index in [9.17, 15) is 53.1 Å². The zero-order chi connectivity index (χ0) is 68.5. The van der Waals surface area contributed by atoms with Gasteiger partial charge in [0.25, 0.3) is 11.8 Å². The molecular formula is C63H88Br2ClN9O17. The minimum Gasteiger partial charge on any atom is -0.495 e. The number of alkyl carbamates (subject to hydrolysis) is 1. The molecule has 3 aliphatic heterocycles. The number of nitrogens with two attached hydrogens (primary N) is 1. The fourth-order valence-electron chi connectivity index (χ4n) is 10.8. The molecule has 0 radical (unpaired) electrons. The number of esters is 2. The topological polar surface area (TPSA) is 354 Å². The predicted molar refractivity (Wildman–Crippen MR) is 349 cm³/mol. The van der Waals surface area contributed by atoms with Crippen molar-refractivity contribution in [3.63, 3.8) is 0 Å². The van der Waals surface area contributed by atoms with Gasteiger partial charge in [0, 0.05) is 69.8 Å². The van der Waals surface area contributed by atoms with E-state index in [1.54, 1.807) is 58.9 Å². The van der Waals surface area contributed by atoms with Crippen molar-refractivity contribution in [1.82, 2.24) is 31.5 Å². The number of fused-ring (bicyclic) bond motifs is 5. The molecule has 3 heterocycles. The van der Waals surface area contributed by atoms with Gasteiger partial charge >= 0.3 is 24.1 Å². The lowest BCUT2D eigenvalue weighted by Gasteiger charge is -2.42. The summed E-state index contributed by atoms with van der Waals surface area (Å²) in [5, 5.41) is 28.6. The molecule has 9 amide bonds. The highest BCUT2D eigenvalue weighted by molar-refractivity contribution is 9.09. The van der Waals surface area contributed by atoms with Crippen LogP contribution in [0, 0.1) is 17.8 Å². The molecule has 3 aliphatic rings. The van der Waals surface area contributed by atoms with Crippen LogP contribution >= 0.6 is 43.5 Å². The first-order valence-electron chi connectivity index (χ1n) is 30.4. The molecule has 2 aromatic carbocycles. The summed E-state index contributed by atoms with van der Waals surface area (Å²) in [6, 6.07) is 2.72. The Morgan fingerprint density at radius 3 is 2.29 bits per heavy atom. The van der Waals surface area contributed by atoms with Gasteiger partial charge in [-0.15, -0.1) is 0 Å². The number of hydrogen-bond acceptors (Lipinski definition) is 17. The number of allylic oxidation sites excluding steroid dienone is 3. The second-order valence-corrected chi connectivity index (χ2v) is 25.6. The largest absolute Gasteiger partial charge is 0.495 e. The number of unbranched alkanes of at least 4 members (excludes halogenated alkanes) is 1. The van der Waals surface area contributed by atoms with Crippen LogP contribution in [0.25, 0.3) is 0 Å². The summed E-state index contributed by atoms with van der Waals surface area (Å²) < 4.78 is 35.1. The molecule has 1 unspecified atom stereocenters. The number of likely N-dealkylation sites (N-methyl/N-ethyl adjacent to an activating group) is 1. The Labute approximate surface area is 558 Å². The number of anilines is 2. The summed E-state index contributed by atoms with van der Waals surface area (Å²) in [5.41, 5.74) is 3.42. The van der Waals surface area contributed by atoms with Crippen molar-refractivity contribution in [2.24, 2.45) is 23.5 Å². The monoisotopic (exact) mass is 1440 g/mol. The van der Waals surface area contributed by atoms with Gasteiger partial charge in [0.05, 0.1) is 48.6 Å². The SMILES string of the molecule is CNC(=O)c1cc(C(=O)N(C)[C@@H](C)C(=O)O[C@H]2CC(=O)N(C)c3cc(cc(OC)c3Cl)C/C(C)=C/C=C/[C@@H](OC)[C@@]3(O)C[C@H](OC(=O)N3)[C@@H](C)[C@@H]3O[C@@]23C)ccc1NC(=O)[C@H](CCCNC(N)=O)NC(=O)[C@@H](NC(=O)CCCCC(C)OC(=O)C(CBr)CBr)C(C)C. The van der Waals surface area contributed by atoms with Gasteiger partial charge in [-0.25, -0.2) is 14.4 Å². The number of primary amides is 1. The first-order valence-corrected chi connectivity index (χ1v) is 33.0. The Morgan fingerprint density at radius 2 is 1.66 bits per heavy atom. The molecule has 2 aromatic rings. The number of epoxide rings is 1. The van der Waals surface area contributed by atoms with Crippen molar-refractivity contribution in [1.29, 1.82) is 0 Å². The number of halogens is 3. The van der Waals surface area contributed by atoms with Crippen molar-refractivity contribution >= 4 is 114 Å². The van der Waals surface area contributed by atoms with E-state index in [0.29, 0.717) is 42.0 Å². The second-order valence-electron chi connectivity index (χ2n) is 23.9. The number of aliphatic hydroxyl groups is 1. The highest BCUT2D eigenvalue weighted by Crippen LogP contribution is 2.49. The Hall–Kier alpha value is -6.85. The molecular weight excluding hydrogens is 1350 g/mol. The van der Waals surface area contributed by atoms with Gasteiger partial charge in [-0.3, -0.25) is 38.9 Å². The summed E-state index contributed by atoms with van der Waals surface area (Å²) >= 11 is 13.5. The van der Waals surface area contributed by atoms with Gasteiger partial charge in [0.2, 0.25) is 23.6 Å². The van der Waals surface area contributed by atoms with Crippen LogP contribution in [0.1, 0.15) is 126 Å². The minimum absolute atomic E-state index is 0.0310. The van der Waals surface area contributed by atoms with Gasteiger partial charge in [-0.05, 0) is 108 Å². The summed E-state index contributed by atoms with van der Waals surface area (Å²) in [6.07, 6.45) is 1.03. The molecule has 5 rings (SSSR count). The van der Waals surface area contributed by atoms with Crippen LogP contribution in [-0.4, -0.2) is 182 Å². The van der Waals surface area contributed by atoms with E-state index < -0.39 is 126 Å². The van der Waals surface area contributed by atoms with Crippen molar-refractivity contribution in [3.8, 4) is 5.75 Å². The smallest absolute Gasteiger partial charge is 0.409 e. The number of amides is 9. The third-order valence-electron chi connectivity index (χ3n) is 16.6. The molecule has 4 bridgehead atoms. The lowest BCUT2D eigenvalue weighted by molar-refractivity contribution is -0.158. The minimum atomic E-state index is -1.94. The maximum absolute atomic E-state index is 14.6. The lowest BCUT2D eigenvalue weighted by atomic mass is 9.83. The molecule has 11 atom stereocenters. The highest BCUT2D eigenvalue weighted by Gasteiger charge is 2.64. The normalized spacial score (nSPS) is 23.7. The molecule has 0 spiro atoms. The van der Waals surface area contributed by atoms with Gasteiger partial charge in [-0.1, -0.05) is 88.0 Å². The van der Waals surface area contributed by atoms with Crippen LogP contribution in [0.15, 0.2) is 54.1 Å². The van der Waals surface area contributed by atoms with Crippen LogP contribution in [-0.2, 0) is 58.9 Å². The van der Waals surface area contributed by atoms with E-state index in [2.05, 4.69) is 63.8 Å². The highest BCUT2D eigenvalue weighted by atomic mass is 79.9. The third-order valence-corrected chi connectivity index (χ3v) is 18.5. The second kappa shape index (κ2) is 34.3. The van der Waals surface area contributed by atoms with E-state index in [0.717, 1.165) is 16.0 Å². The molecule has 92 heavy (non-hydrogen) atoms. The molecule has 2 fully saturated rings. The Morgan fingerprint density at radius 1 is 0.967 bits per heavy atom. The van der Waals surface area contributed by atoms with Gasteiger partial charge in [0.1, 0.15) is 52.8 Å². The Balaban J connectivity index is 1.37. The average Bonchev–Trinajstić information content (AvgIpc) is 1.57. The number of ether oxygens (including phenoxy) is 6. The van der Waals surface area contributed by atoms with Gasteiger partial charge in [-0.2, -0.15) is 0 Å². The lowest BCUT2D eigenvalue weighted by Crippen LogP contribution is -2.63. The Kier molecular flexibility index (Phi) is 28.3. The number of nitrogens with one attached hydrogen (secondary N) is 6. The number of alkyl halides is 2. The number of carbonyl (C=O) groups excluding carboxylic acids is 10. The zero-order valence-electron chi connectivity index (χ0n) is 54.0. The molecule has 0 aliphatic carbocycles. The van der Waals surface area contributed by atoms with Crippen LogP contribution < -0.4 is 47.3 Å². The van der Waals surface area contributed by atoms with Crippen LogP contribution in [0.4, 0.5) is 21.0 Å². The van der Waals surface area contributed by atoms with Crippen molar-refractivity contribution in [3.05, 3.63) is 75.8 Å². The van der Waals surface area contributed by atoms with Crippen molar-refractivity contribution in [2.75, 3.05) is 62.8 Å².